The van der Waals surface area contributed by atoms with Gasteiger partial charge in [-0.3, -0.25) is 4.79 Å². The van der Waals surface area contributed by atoms with Crippen LogP contribution in [0.15, 0.2) is 30.3 Å². The predicted molar refractivity (Wildman–Crippen MR) is 132 cm³/mol. The molecule has 1 fully saturated rings. The highest BCUT2D eigenvalue weighted by molar-refractivity contribution is 6.02. The molecule has 6 nitrogen and oxygen atoms in total. The summed E-state index contributed by atoms with van der Waals surface area (Å²) in [6.07, 6.45) is 2.17. The number of aldehydes is 1. The molecule has 2 aliphatic rings. The van der Waals surface area contributed by atoms with Crippen LogP contribution in [0, 0.1) is 12.8 Å². The van der Waals surface area contributed by atoms with Crippen LogP contribution in [0.4, 0.5) is 0 Å². The van der Waals surface area contributed by atoms with E-state index in [2.05, 4.69) is 5.32 Å². The number of rotatable bonds is 6. The van der Waals surface area contributed by atoms with E-state index in [0.29, 0.717) is 17.9 Å². The molecule has 1 N–H and O–H groups in total. The van der Waals surface area contributed by atoms with Crippen LogP contribution in [-0.2, 0) is 16.0 Å². The second-order valence-electron chi connectivity index (χ2n) is 7.83. The smallest absolute Gasteiger partial charge is 0.169 e. The topological polar surface area (TPSA) is 73.9 Å². The standard InChI is InChI=1S/C21H22O4.C4H9NO.C2H6/c1-13(11-22)12-25-21-18(8-7-14(2)20(21)24-3)15-5-4-6-17-16(15)9-10-19(17)23;1-3-6-4-2-5-1;1-2/h4-8,11,13H,9-10,12H2,1-3H3;5H,1-4H2;1-2H3. The number of ketones is 1. The third-order valence-corrected chi connectivity index (χ3v) is 5.45. The van der Waals surface area contributed by atoms with Crippen molar-refractivity contribution >= 4 is 12.1 Å². The third kappa shape index (κ3) is 6.89. The molecular weight excluding hydrogens is 418 g/mol. The molecule has 1 unspecified atom stereocenters. The zero-order chi connectivity index (χ0) is 24.2. The number of methoxy groups -OCH3 is 1. The van der Waals surface area contributed by atoms with Gasteiger partial charge in [-0.15, -0.1) is 0 Å². The Morgan fingerprint density at radius 1 is 1.03 bits per heavy atom. The zero-order valence-electron chi connectivity index (χ0n) is 20.5. The zero-order valence-corrected chi connectivity index (χ0v) is 20.5. The second-order valence-corrected chi connectivity index (χ2v) is 7.83. The summed E-state index contributed by atoms with van der Waals surface area (Å²) >= 11 is 0. The van der Waals surface area contributed by atoms with Crippen molar-refractivity contribution in [2.45, 2.75) is 40.5 Å². The summed E-state index contributed by atoms with van der Waals surface area (Å²) in [6, 6.07) is 9.78. The van der Waals surface area contributed by atoms with Gasteiger partial charge in [0, 0.05) is 36.6 Å². The fourth-order valence-corrected chi connectivity index (χ4v) is 3.78. The first-order valence-corrected chi connectivity index (χ1v) is 11.8. The first-order valence-electron chi connectivity index (χ1n) is 11.8. The summed E-state index contributed by atoms with van der Waals surface area (Å²) in [4.78, 5) is 23.0. The van der Waals surface area contributed by atoms with Crippen molar-refractivity contribution in [3.05, 3.63) is 47.0 Å². The Morgan fingerprint density at radius 2 is 1.73 bits per heavy atom. The van der Waals surface area contributed by atoms with Crippen LogP contribution in [0.5, 0.6) is 11.5 Å². The number of ether oxygens (including phenoxy) is 3. The van der Waals surface area contributed by atoms with Crippen molar-refractivity contribution in [2.24, 2.45) is 5.92 Å². The first-order chi connectivity index (χ1) is 16.1. The molecule has 6 heteroatoms. The predicted octanol–water partition coefficient (Wildman–Crippen LogP) is 4.65. The van der Waals surface area contributed by atoms with Crippen molar-refractivity contribution < 1.29 is 23.8 Å². The van der Waals surface area contributed by atoms with E-state index in [4.69, 9.17) is 14.2 Å². The van der Waals surface area contributed by atoms with Gasteiger partial charge in [0.1, 0.15) is 6.29 Å². The first kappa shape index (κ1) is 26.6. The minimum absolute atomic E-state index is 0.188. The van der Waals surface area contributed by atoms with Gasteiger partial charge >= 0.3 is 0 Å². The number of fused-ring (bicyclic) bond motifs is 1. The number of benzene rings is 2. The van der Waals surface area contributed by atoms with Gasteiger partial charge in [-0.05, 0) is 30.0 Å². The molecule has 0 aromatic heterocycles. The van der Waals surface area contributed by atoms with E-state index < -0.39 is 0 Å². The lowest BCUT2D eigenvalue weighted by molar-refractivity contribution is -0.111. The van der Waals surface area contributed by atoms with Gasteiger partial charge in [-0.2, -0.15) is 0 Å². The van der Waals surface area contributed by atoms with Crippen molar-refractivity contribution in [3.8, 4) is 22.6 Å². The number of hydrogen-bond acceptors (Lipinski definition) is 6. The minimum Gasteiger partial charge on any atom is -0.493 e. The molecule has 1 aliphatic heterocycles. The highest BCUT2D eigenvalue weighted by atomic mass is 16.5. The monoisotopic (exact) mass is 455 g/mol. The van der Waals surface area contributed by atoms with Gasteiger partial charge in [0.05, 0.1) is 26.9 Å². The number of nitrogens with one attached hydrogen (secondary N) is 1. The molecule has 0 spiro atoms. The molecule has 33 heavy (non-hydrogen) atoms. The maximum atomic E-state index is 12.1. The van der Waals surface area contributed by atoms with Crippen LogP contribution in [0.1, 0.15) is 48.7 Å². The van der Waals surface area contributed by atoms with E-state index in [1.165, 1.54) is 0 Å². The van der Waals surface area contributed by atoms with Crippen LogP contribution in [0.25, 0.3) is 11.1 Å². The number of carbonyl (C=O) groups is 2. The van der Waals surface area contributed by atoms with E-state index in [1.54, 1.807) is 7.11 Å². The van der Waals surface area contributed by atoms with E-state index in [1.807, 2.05) is 58.0 Å². The van der Waals surface area contributed by atoms with Crippen LogP contribution in [0.2, 0.25) is 0 Å². The largest absolute Gasteiger partial charge is 0.493 e. The average molecular weight is 456 g/mol. The Morgan fingerprint density at radius 3 is 2.30 bits per heavy atom. The lowest BCUT2D eigenvalue weighted by Gasteiger charge is -2.19. The molecule has 0 radical (unpaired) electrons. The van der Waals surface area contributed by atoms with Gasteiger partial charge in [-0.1, -0.05) is 51.1 Å². The van der Waals surface area contributed by atoms with Gasteiger partial charge in [0.2, 0.25) is 0 Å². The summed E-state index contributed by atoms with van der Waals surface area (Å²) in [5.74, 6) is 1.27. The Hall–Kier alpha value is -2.70. The van der Waals surface area contributed by atoms with Crippen LogP contribution in [-0.4, -0.2) is 52.1 Å². The van der Waals surface area contributed by atoms with Crippen LogP contribution in [0.3, 0.4) is 0 Å². The number of morpholine rings is 1. The molecule has 1 aliphatic carbocycles. The average Bonchev–Trinajstić information content (AvgIpc) is 3.26. The fraction of sp³-hybridized carbons (Fsp3) is 0.481. The fourth-order valence-electron chi connectivity index (χ4n) is 3.78. The maximum Gasteiger partial charge on any atom is 0.169 e. The molecule has 1 saturated heterocycles. The normalized spacial score (nSPS) is 15.2. The van der Waals surface area contributed by atoms with Gasteiger partial charge < -0.3 is 24.3 Å². The summed E-state index contributed by atoms with van der Waals surface area (Å²) in [7, 11) is 1.61. The summed E-state index contributed by atoms with van der Waals surface area (Å²) in [5, 5.41) is 3.16. The molecule has 1 atom stereocenters. The quantitative estimate of drug-likeness (QED) is 0.640. The van der Waals surface area contributed by atoms with Crippen LogP contribution < -0.4 is 14.8 Å². The van der Waals surface area contributed by atoms with E-state index in [-0.39, 0.29) is 18.3 Å². The molecule has 0 bridgehead atoms. The Bertz CT molecular complexity index is 909. The van der Waals surface area contributed by atoms with Gasteiger partial charge in [0.25, 0.3) is 0 Å². The number of carbonyl (C=O) groups excluding carboxylic acids is 2. The Kier molecular flexibility index (Phi) is 11.1. The maximum absolute atomic E-state index is 12.1. The molecule has 4 rings (SSSR count). The molecule has 1 heterocycles. The minimum atomic E-state index is -0.207. The Labute approximate surface area is 197 Å². The number of Topliss-reactive ketones (excluding diaryl/α,β-unsaturated/α-hetero) is 1. The summed E-state index contributed by atoms with van der Waals surface area (Å²) in [6.45, 7) is 11.9. The molecular formula is C27H37NO5. The summed E-state index contributed by atoms with van der Waals surface area (Å²) in [5.41, 5.74) is 4.71. The van der Waals surface area contributed by atoms with Crippen molar-refractivity contribution in [2.75, 3.05) is 40.0 Å². The molecule has 0 amide bonds. The van der Waals surface area contributed by atoms with E-state index in [0.717, 1.165) is 66.8 Å². The Balaban J connectivity index is 0.000000411. The van der Waals surface area contributed by atoms with E-state index in [9.17, 15) is 9.59 Å². The van der Waals surface area contributed by atoms with Crippen molar-refractivity contribution in [1.82, 2.24) is 5.32 Å². The van der Waals surface area contributed by atoms with E-state index >= 15 is 0 Å². The second kappa shape index (κ2) is 13.8. The third-order valence-electron chi connectivity index (χ3n) is 5.45. The van der Waals surface area contributed by atoms with Crippen LogP contribution >= 0.6 is 0 Å². The highest BCUT2D eigenvalue weighted by Crippen LogP contribution is 2.43. The lowest BCUT2D eigenvalue weighted by Crippen LogP contribution is -2.30. The molecule has 180 valence electrons. The molecule has 2 aromatic carbocycles. The molecule has 0 saturated carbocycles. The van der Waals surface area contributed by atoms with Gasteiger partial charge in [-0.25, -0.2) is 0 Å². The lowest BCUT2D eigenvalue weighted by atomic mass is 9.95. The number of hydrogen-bond donors (Lipinski definition) is 1. The highest BCUT2D eigenvalue weighted by Gasteiger charge is 2.25. The summed E-state index contributed by atoms with van der Waals surface area (Å²) < 4.78 is 16.6. The number of aryl methyl sites for hydroxylation is 1. The SMILES string of the molecule is C1COCCN1.CC.COc1c(C)ccc(-c2cccc3c2CCC3=O)c1OCC(C)C=O. The molecule has 2 aromatic rings. The van der Waals surface area contributed by atoms with Crippen molar-refractivity contribution in [1.29, 1.82) is 0 Å². The van der Waals surface area contributed by atoms with Gasteiger partial charge in [0.15, 0.2) is 17.3 Å². The van der Waals surface area contributed by atoms with Crippen molar-refractivity contribution in [3.63, 3.8) is 0 Å².